The highest BCUT2D eigenvalue weighted by atomic mass is 16.6. The highest BCUT2D eigenvalue weighted by Crippen LogP contribution is 2.28. The lowest BCUT2D eigenvalue weighted by molar-refractivity contribution is 0.146. The van der Waals surface area contributed by atoms with Crippen LogP contribution in [0.15, 0.2) is 107 Å². The van der Waals surface area contributed by atoms with Gasteiger partial charge in [0.2, 0.25) is 0 Å². The van der Waals surface area contributed by atoms with E-state index in [2.05, 4.69) is 22.4 Å². The number of epoxide rings is 1. The van der Waals surface area contributed by atoms with Gasteiger partial charge in [0.25, 0.3) is 0 Å². The molecule has 1 aliphatic rings. The number of azo groups is 1. The zero-order valence-electron chi connectivity index (χ0n) is 20.2. The van der Waals surface area contributed by atoms with Crippen molar-refractivity contribution in [2.24, 2.45) is 10.2 Å². The van der Waals surface area contributed by atoms with Gasteiger partial charge in [-0.1, -0.05) is 48.5 Å². The van der Waals surface area contributed by atoms with Gasteiger partial charge >= 0.3 is 0 Å². The molecule has 1 unspecified atom stereocenters. The third-order valence-electron chi connectivity index (χ3n) is 5.79. The van der Waals surface area contributed by atoms with Crippen molar-refractivity contribution < 1.29 is 18.9 Å². The molecule has 1 saturated heterocycles. The molecule has 6 nitrogen and oxygen atoms in total. The second-order valence-corrected chi connectivity index (χ2v) is 8.45. The van der Waals surface area contributed by atoms with Crippen LogP contribution >= 0.6 is 0 Å². The number of hydrogen-bond acceptors (Lipinski definition) is 6. The zero-order chi connectivity index (χ0) is 24.6. The summed E-state index contributed by atoms with van der Waals surface area (Å²) < 4.78 is 21.5. The van der Waals surface area contributed by atoms with E-state index < -0.39 is 0 Å². The van der Waals surface area contributed by atoms with E-state index in [9.17, 15) is 0 Å². The summed E-state index contributed by atoms with van der Waals surface area (Å²) in [4.78, 5) is 0. The first-order valence-corrected chi connectivity index (χ1v) is 12.0. The topological polar surface area (TPSA) is 64.9 Å². The normalized spacial score (nSPS) is 14.6. The first-order chi connectivity index (χ1) is 17.8. The molecule has 182 valence electrons. The monoisotopic (exact) mass is 480 g/mol. The van der Waals surface area contributed by atoms with E-state index in [1.54, 1.807) is 7.11 Å². The molecule has 0 bridgehead atoms. The van der Waals surface area contributed by atoms with Crippen LogP contribution in [-0.4, -0.2) is 39.6 Å². The fourth-order valence-electron chi connectivity index (χ4n) is 3.64. The second kappa shape index (κ2) is 11.6. The molecule has 5 rings (SSSR count). The summed E-state index contributed by atoms with van der Waals surface area (Å²) >= 11 is 0. The molecule has 4 aromatic rings. The molecule has 0 radical (unpaired) electrons. The predicted octanol–water partition coefficient (Wildman–Crippen LogP) is 7.24. The molecular formula is C30H28N2O4. The minimum Gasteiger partial charge on any atom is -0.491 e. The van der Waals surface area contributed by atoms with Crippen molar-refractivity contribution in [3.63, 3.8) is 0 Å². The highest BCUT2D eigenvalue weighted by Gasteiger charge is 2.22. The minimum absolute atomic E-state index is 0.258. The average Bonchev–Trinajstić information content (AvgIpc) is 3.77. The van der Waals surface area contributed by atoms with Crippen molar-refractivity contribution in [2.45, 2.75) is 6.10 Å². The molecular weight excluding hydrogens is 452 g/mol. The fourth-order valence-corrected chi connectivity index (χ4v) is 3.64. The maximum atomic E-state index is 5.71. The summed E-state index contributed by atoms with van der Waals surface area (Å²) in [6, 6.07) is 32.2. The van der Waals surface area contributed by atoms with Crippen LogP contribution in [-0.2, 0) is 9.47 Å². The van der Waals surface area contributed by atoms with Gasteiger partial charge in [-0.25, -0.2) is 0 Å². The van der Waals surface area contributed by atoms with Crippen LogP contribution in [0.3, 0.4) is 0 Å². The third kappa shape index (κ3) is 6.56. The standard InChI is InChI=1S/C30H28N2O4/c1-33-18-19-34-28-14-6-24(7-15-28)22-2-10-26(11-3-22)31-32-27-12-4-23(5-13-27)25-8-16-29(17-9-25)35-20-30-21-36-30/h2-17,30H,18-21H2,1H3/b32-31+. The van der Waals surface area contributed by atoms with Gasteiger partial charge in [0.15, 0.2) is 0 Å². The molecule has 1 aliphatic heterocycles. The maximum absolute atomic E-state index is 5.71. The number of ether oxygens (including phenoxy) is 4. The third-order valence-corrected chi connectivity index (χ3v) is 5.79. The largest absolute Gasteiger partial charge is 0.491 e. The van der Waals surface area contributed by atoms with Crippen molar-refractivity contribution >= 4 is 11.4 Å². The summed E-state index contributed by atoms with van der Waals surface area (Å²) in [5.41, 5.74) is 6.07. The highest BCUT2D eigenvalue weighted by molar-refractivity contribution is 5.67. The smallest absolute Gasteiger partial charge is 0.119 e. The Morgan fingerprint density at radius 3 is 1.44 bits per heavy atom. The first-order valence-electron chi connectivity index (χ1n) is 12.0. The summed E-state index contributed by atoms with van der Waals surface area (Å²) in [6.45, 7) is 2.52. The Labute approximate surface area is 211 Å². The van der Waals surface area contributed by atoms with Gasteiger partial charge in [0.05, 0.1) is 24.6 Å². The van der Waals surface area contributed by atoms with Gasteiger partial charge in [-0.3, -0.25) is 0 Å². The molecule has 4 aromatic carbocycles. The Kier molecular flexibility index (Phi) is 7.66. The Morgan fingerprint density at radius 1 is 0.611 bits per heavy atom. The van der Waals surface area contributed by atoms with Gasteiger partial charge < -0.3 is 18.9 Å². The molecule has 0 saturated carbocycles. The van der Waals surface area contributed by atoms with Crippen molar-refractivity contribution in [3.8, 4) is 33.8 Å². The molecule has 0 N–H and O–H groups in total. The van der Waals surface area contributed by atoms with Crippen LogP contribution in [0.2, 0.25) is 0 Å². The molecule has 36 heavy (non-hydrogen) atoms. The number of benzene rings is 4. The molecule has 0 aliphatic carbocycles. The van der Waals surface area contributed by atoms with Crippen molar-refractivity contribution in [2.75, 3.05) is 33.5 Å². The summed E-state index contributed by atoms with van der Waals surface area (Å²) in [5.74, 6) is 1.69. The predicted molar refractivity (Wildman–Crippen MR) is 141 cm³/mol. The maximum Gasteiger partial charge on any atom is 0.119 e. The molecule has 0 amide bonds. The van der Waals surface area contributed by atoms with Gasteiger partial charge in [-0.2, -0.15) is 10.2 Å². The Hall–Kier alpha value is -4.00. The van der Waals surface area contributed by atoms with Gasteiger partial charge in [0.1, 0.15) is 30.8 Å². The van der Waals surface area contributed by atoms with E-state index in [1.165, 1.54) is 0 Å². The Morgan fingerprint density at radius 2 is 1.03 bits per heavy atom. The van der Waals surface area contributed by atoms with E-state index in [4.69, 9.17) is 18.9 Å². The van der Waals surface area contributed by atoms with E-state index >= 15 is 0 Å². The van der Waals surface area contributed by atoms with E-state index in [0.717, 1.165) is 51.7 Å². The summed E-state index contributed by atoms with van der Waals surface area (Å²) in [5, 5.41) is 8.78. The van der Waals surface area contributed by atoms with Crippen LogP contribution in [0.1, 0.15) is 0 Å². The fraction of sp³-hybridized carbons (Fsp3) is 0.200. The van der Waals surface area contributed by atoms with Crippen LogP contribution in [0.25, 0.3) is 22.3 Å². The quantitative estimate of drug-likeness (QED) is 0.129. The van der Waals surface area contributed by atoms with E-state index in [0.29, 0.717) is 19.8 Å². The van der Waals surface area contributed by atoms with Gasteiger partial charge in [0, 0.05) is 7.11 Å². The van der Waals surface area contributed by atoms with Crippen molar-refractivity contribution in [3.05, 3.63) is 97.1 Å². The second-order valence-electron chi connectivity index (χ2n) is 8.45. The molecule has 0 spiro atoms. The van der Waals surface area contributed by atoms with Crippen molar-refractivity contribution in [1.29, 1.82) is 0 Å². The summed E-state index contributed by atoms with van der Waals surface area (Å²) in [6.07, 6.45) is 0.258. The molecule has 1 heterocycles. The lowest BCUT2D eigenvalue weighted by atomic mass is 10.1. The lowest BCUT2D eigenvalue weighted by Gasteiger charge is -2.07. The zero-order valence-corrected chi connectivity index (χ0v) is 20.2. The Balaban J connectivity index is 1.16. The average molecular weight is 481 g/mol. The molecule has 1 fully saturated rings. The molecule has 1 atom stereocenters. The number of hydrogen-bond donors (Lipinski definition) is 0. The SMILES string of the molecule is COCCOc1ccc(-c2ccc(/N=N/c3ccc(-c4ccc(OCC5CO5)cc4)cc3)cc2)cc1. The number of rotatable bonds is 11. The molecule has 6 heteroatoms. The van der Waals surface area contributed by atoms with Crippen molar-refractivity contribution in [1.82, 2.24) is 0 Å². The first kappa shape index (κ1) is 23.7. The molecule has 0 aromatic heterocycles. The number of nitrogens with zero attached hydrogens (tertiary/aromatic N) is 2. The van der Waals surface area contributed by atoms with E-state index in [1.807, 2.05) is 84.9 Å². The number of methoxy groups -OCH3 is 1. The minimum atomic E-state index is 0.258. The van der Waals surface area contributed by atoms with Gasteiger partial charge in [-0.05, 0) is 70.8 Å². The van der Waals surface area contributed by atoms with Crippen LogP contribution < -0.4 is 9.47 Å². The van der Waals surface area contributed by atoms with E-state index in [-0.39, 0.29) is 6.10 Å². The van der Waals surface area contributed by atoms with Crippen LogP contribution in [0, 0.1) is 0 Å². The van der Waals surface area contributed by atoms with Gasteiger partial charge in [-0.15, -0.1) is 0 Å². The van der Waals surface area contributed by atoms with Crippen LogP contribution in [0.5, 0.6) is 11.5 Å². The lowest BCUT2D eigenvalue weighted by Crippen LogP contribution is -2.03. The van der Waals surface area contributed by atoms with Crippen LogP contribution in [0.4, 0.5) is 11.4 Å². The Bertz CT molecular complexity index is 1260. The summed E-state index contributed by atoms with van der Waals surface area (Å²) in [7, 11) is 1.66.